The van der Waals surface area contributed by atoms with Gasteiger partial charge in [-0.25, -0.2) is 87.8 Å². The van der Waals surface area contributed by atoms with E-state index in [1.54, 1.807) is 0 Å². The number of hydrogen-bond donors (Lipinski definition) is 0. The van der Waals surface area contributed by atoms with Crippen LogP contribution in [0.1, 0.15) is 6.92 Å². The smallest absolute Gasteiger partial charge is 0.200 e. The summed E-state index contributed by atoms with van der Waals surface area (Å²) in [6.45, 7) is 2.06. The van der Waals surface area contributed by atoms with Crippen LogP contribution in [-0.4, -0.2) is 24.4 Å². The van der Waals surface area contributed by atoms with Gasteiger partial charge in [-0.1, -0.05) is 6.08 Å². The third kappa shape index (κ3) is 6.35. The Morgan fingerprint density at radius 1 is 0.327 bits per heavy atom. The summed E-state index contributed by atoms with van der Waals surface area (Å²) in [5.41, 5.74) is -14.3. The first-order valence-electron chi connectivity index (χ1n) is 13.4. The van der Waals surface area contributed by atoms with Crippen LogP contribution in [-0.2, 0) is 10.9 Å². The van der Waals surface area contributed by atoms with Crippen molar-refractivity contribution in [3.05, 3.63) is 128 Å². The predicted molar refractivity (Wildman–Crippen MR) is 148 cm³/mol. The highest BCUT2D eigenvalue weighted by molar-refractivity contribution is 7.95. The molecule has 0 unspecified atom stereocenters. The third-order valence-electron chi connectivity index (χ3n) is 7.37. The molecule has 0 aromatic heterocycles. The second-order valence-corrected chi connectivity index (χ2v) is 12.8. The van der Waals surface area contributed by atoms with Crippen LogP contribution in [0.3, 0.4) is 0 Å². The fourth-order valence-corrected chi connectivity index (χ4v) is 5.74. The first-order chi connectivity index (χ1) is 24.0. The molecule has 0 nitrogen and oxygen atoms in total. The molecule has 0 heterocycles. The summed E-state index contributed by atoms with van der Waals surface area (Å²) in [5, 5.41) is 0. The van der Waals surface area contributed by atoms with E-state index < -0.39 is 144 Å². The minimum Gasteiger partial charge on any atom is -0.207 e. The lowest BCUT2D eigenvalue weighted by atomic mass is 9.12. The summed E-state index contributed by atoms with van der Waals surface area (Å²) < 4.78 is 294. The Balaban J connectivity index is 0.000000944. The molecule has 0 spiro atoms. The van der Waals surface area contributed by atoms with Gasteiger partial charge in [0.2, 0.25) is 0 Å². The average molecular weight is 796 g/mol. The molecule has 4 aromatic carbocycles. The average Bonchev–Trinajstić information content (AvgIpc) is 3.10. The molecule has 22 heteroatoms. The Morgan fingerprint density at radius 2 is 0.481 bits per heavy atom. The molecular weight excluding hydrogens is 783 g/mol. The normalized spacial score (nSPS) is 11.9. The zero-order valence-electron chi connectivity index (χ0n) is 25.4. The molecule has 0 radical (unpaired) electrons. The van der Waals surface area contributed by atoms with E-state index in [-0.39, 0.29) is 0 Å². The largest absolute Gasteiger partial charge is 0.207 e. The quantitative estimate of drug-likeness (QED) is 0.0481. The van der Waals surface area contributed by atoms with Gasteiger partial charge in [-0.3, -0.25) is 0 Å². The summed E-state index contributed by atoms with van der Waals surface area (Å²) in [5.74, 6) is -70.2. The second-order valence-electron chi connectivity index (χ2n) is 10.5. The van der Waals surface area contributed by atoms with Crippen molar-refractivity contribution in [2.45, 2.75) is 6.92 Å². The molecule has 0 fully saturated rings. The molecule has 0 saturated carbocycles. The SMILES string of the molecule is CC=CC[S+](C)C.Fc1c(F)c(F)c([B-](c2c(F)c(F)c(F)c(F)c2F)(c2c(F)c(F)c(F)c(F)c2F)c2c(F)c(F)c(F)c(F)c2F)c(F)c1F. The molecule has 0 aliphatic carbocycles. The van der Waals surface area contributed by atoms with Crippen molar-refractivity contribution in [1.82, 2.24) is 0 Å². The van der Waals surface area contributed by atoms with Gasteiger partial charge in [0.15, 0.2) is 69.8 Å². The van der Waals surface area contributed by atoms with Crippen molar-refractivity contribution in [3.63, 3.8) is 0 Å². The van der Waals surface area contributed by atoms with Crippen LogP contribution in [0.15, 0.2) is 12.2 Å². The van der Waals surface area contributed by atoms with Gasteiger partial charge >= 0.3 is 0 Å². The molecule has 0 aliphatic heterocycles. The van der Waals surface area contributed by atoms with Crippen LogP contribution < -0.4 is 21.9 Å². The van der Waals surface area contributed by atoms with Crippen molar-refractivity contribution < 1.29 is 87.8 Å². The minimum absolute atomic E-state index is 0.598. The summed E-state index contributed by atoms with van der Waals surface area (Å²) in [4.78, 5) is 0. The van der Waals surface area contributed by atoms with Crippen LogP contribution >= 0.6 is 0 Å². The van der Waals surface area contributed by atoms with Crippen molar-refractivity contribution in [1.29, 1.82) is 0 Å². The molecule has 4 aromatic rings. The van der Waals surface area contributed by atoms with Crippen molar-refractivity contribution in [2.24, 2.45) is 0 Å². The summed E-state index contributed by atoms with van der Waals surface area (Å²) in [6.07, 6.45) is 1.60. The summed E-state index contributed by atoms with van der Waals surface area (Å²) in [6, 6.07) is 0. The van der Waals surface area contributed by atoms with Crippen molar-refractivity contribution in [3.8, 4) is 0 Å². The molecule has 52 heavy (non-hydrogen) atoms. The molecular formula is C30H13BF20S. The lowest BCUT2D eigenvalue weighted by Gasteiger charge is -2.44. The maximum atomic E-state index is 15.4. The molecule has 0 N–H and O–H groups in total. The van der Waals surface area contributed by atoms with E-state index >= 15 is 35.1 Å². The van der Waals surface area contributed by atoms with Crippen LogP contribution in [0.25, 0.3) is 0 Å². The lowest BCUT2D eigenvalue weighted by molar-refractivity contribution is 0.378. The third-order valence-corrected chi connectivity index (χ3v) is 8.23. The molecule has 0 bridgehead atoms. The van der Waals surface area contributed by atoms with E-state index in [1.807, 2.05) is 0 Å². The maximum Gasteiger partial charge on any atom is 0.200 e. The monoisotopic (exact) mass is 796 g/mol. The van der Waals surface area contributed by atoms with Crippen LogP contribution in [0.5, 0.6) is 0 Å². The highest BCUT2D eigenvalue weighted by atomic mass is 32.2. The number of halogens is 20. The molecule has 0 saturated heterocycles. The van der Waals surface area contributed by atoms with Gasteiger partial charge in [0.25, 0.3) is 0 Å². The van der Waals surface area contributed by atoms with Gasteiger partial charge in [0.1, 0.15) is 58.4 Å². The van der Waals surface area contributed by atoms with Crippen molar-refractivity contribution in [2.75, 3.05) is 18.3 Å². The molecule has 0 amide bonds. The first-order valence-corrected chi connectivity index (χ1v) is 15.6. The Morgan fingerprint density at radius 3 is 0.596 bits per heavy atom. The van der Waals surface area contributed by atoms with Gasteiger partial charge in [-0.2, -0.15) is 0 Å². The van der Waals surface area contributed by atoms with E-state index in [0.29, 0.717) is 10.9 Å². The van der Waals surface area contributed by atoms with E-state index in [4.69, 9.17) is 0 Å². The van der Waals surface area contributed by atoms with Gasteiger partial charge in [-0.05, 0) is 23.9 Å². The van der Waals surface area contributed by atoms with E-state index in [1.165, 1.54) is 5.75 Å². The van der Waals surface area contributed by atoms with Gasteiger partial charge in [0, 0.05) is 0 Å². The van der Waals surface area contributed by atoms with E-state index in [0.717, 1.165) is 0 Å². The predicted octanol–water partition coefficient (Wildman–Crippen LogP) is 7.29. The van der Waals surface area contributed by atoms with Gasteiger partial charge < -0.3 is 0 Å². The minimum atomic E-state index is -7.22. The summed E-state index contributed by atoms with van der Waals surface area (Å²) >= 11 is 0. The molecule has 4 rings (SSSR count). The lowest BCUT2D eigenvalue weighted by Crippen LogP contribution is -2.81. The molecule has 0 aliphatic rings. The standard InChI is InChI=1S/C24BF20.C6H13S/c26-5-1(6(27)14(35)21(42)13(5)34)25(2-7(28)15(36)22(43)16(37)8(2)29,3-9(30)17(38)23(44)18(39)10(3)31)4-11(32)19(40)24(45)20(41)12(4)33;1-4-5-6-7(2)3/h;4-5H,6H2,1-3H3/q-1;+1. The Kier molecular flexibility index (Phi) is 12.4. The zero-order chi connectivity index (χ0) is 40.1. The van der Waals surface area contributed by atoms with Crippen molar-refractivity contribution >= 4 is 38.9 Å². The fourth-order valence-electron chi connectivity index (χ4n) is 5.16. The van der Waals surface area contributed by atoms with E-state index in [9.17, 15) is 52.7 Å². The highest BCUT2D eigenvalue weighted by Crippen LogP contribution is 2.30. The maximum absolute atomic E-state index is 15.4. The molecule has 282 valence electrons. The first kappa shape index (κ1) is 42.1. The zero-order valence-corrected chi connectivity index (χ0v) is 26.2. The Labute approximate surface area is 280 Å². The summed E-state index contributed by atoms with van der Waals surface area (Å²) in [7, 11) is 0.598. The van der Waals surface area contributed by atoms with Crippen LogP contribution in [0.2, 0.25) is 0 Å². The number of allylic oxidation sites excluding steroid dienone is 1. The Bertz CT molecular complexity index is 1730. The Hall–Kier alpha value is -4.37. The van der Waals surface area contributed by atoms with Crippen LogP contribution in [0, 0.1) is 116 Å². The van der Waals surface area contributed by atoms with E-state index in [2.05, 4.69) is 31.6 Å². The second kappa shape index (κ2) is 15.3. The van der Waals surface area contributed by atoms with Gasteiger partial charge in [-0.15, -0.1) is 21.9 Å². The van der Waals surface area contributed by atoms with Gasteiger partial charge in [0.05, 0.1) is 12.5 Å². The number of hydrogen-bond acceptors (Lipinski definition) is 0. The van der Waals surface area contributed by atoms with Crippen LogP contribution in [0.4, 0.5) is 87.8 Å². The molecule has 0 atom stereocenters. The highest BCUT2D eigenvalue weighted by Gasteiger charge is 2.52. The number of benzene rings is 4. The number of rotatable bonds is 6. The topological polar surface area (TPSA) is 0 Å². The fraction of sp³-hybridized carbons (Fsp3) is 0.133.